The molecule has 1 aliphatic heterocycles. The van der Waals surface area contributed by atoms with Crippen molar-refractivity contribution in [3.8, 4) is 5.69 Å². The lowest BCUT2D eigenvalue weighted by molar-refractivity contribution is 0.0940. The minimum atomic E-state index is -0.290. The number of tetrazole rings is 1. The van der Waals surface area contributed by atoms with E-state index in [4.69, 9.17) is 4.74 Å². The Morgan fingerprint density at radius 1 is 1.00 bits per heavy atom. The number of aryl methyl sites for hydroxylation is 1. The van der Waals surface area contributed by atoms with Crippen LogP contribution in [-0.4, -0.2) is 57.4 Å². The number of hydrogen-bond acceptors (Lipinski definition) is 6. The second kappa shape index (κ2) is 8.08. The van der Waals surface area contributed by atoms with Crippen LogP contribution >= 0.6 is 0 Å². The van der Waals surface area contributed by atoms with Gasteiger partial charge in [0.15, 0.2) is 0 Å². The molecular weight excluding hydrogens is 356 g/mol. The van der Waals surface area contributed by atoms with E-state index < -0.39 is 0 Å². The summed E-state index contributed by atoms with van der Waals surface area (Å²) in [5.41, 5.74) is 3.07. The summed E-state index contributed by atoms with van der Waals surface area (Å²) in [5, 5.41) is 12.1. The van der Waals surface area contributed by atoms with Crippen LogP contribution in [0.3, 0.4) is 0 Å². The largest absolute Gasteiger partial charge is 0.445 e. The molecule has 0 N–H and O–H groups in total. The molecule has 8 heteroatoms. The van der Waals surface area contributed by atoms with Crippen molar-refractivity contribution in [3.05, 3.63) is 65.7 Å². The fourth-order valence-corrected chi connectivity index (χ4v) is 3.13. The van der Waals surface area contributed by atoms with Crippen LogP contribution in [0.4, 0.5) is 10.7 Å². The topological polar surface area (TPSA) is 76.4 Å². The number of aromatic nitrogens is 4. The fraction of sp³-hybridized carbons (Fsp3) is 0.300. The van der Waals surface area contributed by atoms with E-state index in [1.807, 2.05) is 61.5 Å². The Bertz CT molecular complexity index is 917. The van der Waals surface area contributed by atoms with E-state index in [2.05, 4.69) is 20.4 Å². The molecule has 144 valence electrons. The van der Waals surface area contributed by atoms with Crippen LogP contribution in [0.5, 0.6) is 0 Å². The number of benzene rings is 2. The first-order valence-corrected chi connectivity index (χ1v) is 9.27. The number of carbonyl (C=O) groups is 1. The fourth-order valence-electron chi connectivity index (χ4n) is 3.13. The highest BCUT2D eigenvalue weighted by Crippen LogP contribution is 2.18. The lowest BCUT2D eigenvalue weighted by Gasteiger charge is -2.34. The number of carbonyl (C=O) groups excluding carboxylic acids is 1. The molecule has 0 bridgehead atoms. The molecule has 2 heterocycles. The van der Waals surface area contributed by atoms with Crippen LogP contribution in [0.1, 0.15) is 11.1 Å². The van der Waals surface area contributed by atoms with Gasteiger partial charge in [-0.05, 0) is 35.0 Å². The molecule has 0 radical (unpaired) electrons. The number of nitrogens with zero attached hydrogens (tertiary/aromatic N) is 6. The summed E-state index contributed by atoms with van der Waals surface area (Å²) in [6.45, 7) is 4.74. The summed E-state index contributed by atoms with van der Waals surface area (Å²) in [6, 6.07) is 17.7. The lowest BCUT2D eigenvalue weighted by atomic mass is 10.2. The van der Waals surface area contributed by atoms with Crippen LogP contribution < -0.4 is 4.90 Å². The molecule has 1 fully saturated rings. The normalized spacial score (nSPS) is 14.2. The average molecular weight is 378 g/mol. The van der Waals surface area contributed by atoms with Gasteiger partial charge < -0.3 is 14.5 Å². The van der Waals surface area contributed by atoms with Crippen molar-refractivity contribution in [2.75, 3.05) is 31.1 Å². The molecule has 0 atom stereocenters. The Labute approximate surface area is 163 Å². The molecule has 0 saturated carbocycles. The standard InChI is InChI=1S/C20H22N6O2/c1-16-7-9-18(10-8-16)26-19(21-22-23-26)24-11-13-25(14-12-24)20(27)28-15-17-5-3-2-4-6-17/h2-10H,11-15H2,1H3. The van der Waals surface area contributed by atoms with Gasteiger partial charge in [-0.15, -0.1) is 0 Å². The van der Waals surface area contributed by atoms with E-state index in [1.54, 1.807) is 9.58 Å². The average Bonchev–Trinajstić information content (AvgIpc) is 3.23. The zero-order chi connectivity index (χ0) is 19.3. The van der Waals surface area contributed by atoms with Gasteiger partial charge >= 0.3 is 6.09 Å². The second-order valence-corrected chi connectivity index (χ2v) is 6.74. The maximum atomic E-state index is 12.3. The molecular formula is C20H22N6O2. The van der Waals surface area contributed by atoms with Crippen molar-refractivity contribution >= 4 is 12.0 Å². The number of amides is 1. The quantitative estimate of drug-likeness (QED) is 0.694. The zero-order valence-electron chi connectivity index (χ0n) is 15.7. The molecule has 4 rings (SSSR count). The van der Waals surface area contributed by atoms with Gasteiger partial charge in [0.2, 0.25) is 5.95 Å². The Balaban J connectivity index is 1.35. The SMILES string of the molecule is Cc1ccc(-n2nnnc2N2CCN(C(=O)OCc3ccccc3)CC2)cc1. The Kier molecular flexibility index (Phi) is 5.18. The van der Waals surface area contributed by atoms with E-state index in [-0.39, 0.29) is 12.7 Å². The number of hydrogen-bond donors (Lipinski definition) is 0. The number of piperazine rings is 1. The van der Waals surface area contributed by atoms with Crippen molar-refractivity contribution in [1.82, 2.24) is 25.1 Å². The van der Waals surface area contributed by atoms with E-state index in [0.717, 1.165) is 11.3 Å². The predicted molar refractivity (Wildman–Crippen MR) is 104 cm³/mol. The molecule has 2 aromatic carbocycles. The molecule has 0 unspecified atom stereocenters. The van der Waals surface area contributed by atoms with Gasteiger partial charge in [-0.1, -0.05) is 53.1 Å². The van der Waals surface area contributed by atoms with Gasteiger partial charge in [-0.25, -0.2) is 4.79 Å². The smallest absolute Gasteiger partial charge is 0.410 e. The Morgan fingerprint density at radius 2 is 1.71 bits per heavy atom. The van der Waals surface area contributed by atoms with E-state index >= 15 is 0 Å². The summed E-state index contributed by atoms with van der Waals surface area (Å²) < 4.78 is 7.15. The molecule has 0 spiro atoms. The minimum Gasteiger partial charge on any atom is -0.445 e. The molecule has 28 heavy (non-hydrogen) atoms. The number of rotatable bonds is 4. The summed E-state index contributed by atoms with van der Waals surface area (Å²) in [5.74, 6) is 0.682. The first-order chi connectivity index (χ1) is 13.7. The summed E-state index contributed by atoms with van der Waals surface area (Å²) in [7, 11) is 0. The van der Waals surface area contributed by atoms with Crippen LogP contribution in [0.25, 0.3) is 5.69 Å². The Hall–Kier alpha value is -3.42. The molecule has 1 amide bonds. The first kappa shape index (κ1) is 18.0. The highest BCUT2D eigenvalue weighted by molar-refractivity contribution is 5.68. The molecule has 1 aromatic heterocycles. The third-order valence-electron chi connectivity index (χ3n) is 4.76. The van der Waals surface area contributed by atoms with Gasteiger partial charge in [0.1, 0.15) is 6.61 Å². The summed E-state index contributed by atoms with van der Waals surface area (Å²) in [4.78, 5) is 16.1. The van der Waals surface area contributed by atoms with Crippen molar-refractivity contribution in [3.63, 3.8) is 0 Å². The van der Waals surface area contributed by atoms with Crippen molar-refractivity contribution < 1.29 is 9.53 Å². The predicted octanol–water partition coefficient (Wildman–Crippen LogP) is 2.43. The maximum Gasteiger partial charge on any atom is 0.410 e. The minimum absolute atomic E-state index is 0.283. The molecule has 0 aliphatic carbocycles. The molecule has 3 aromatic rings. The lowest BCUT2D eigenvalue weighted by Crippen LogP contribution is -2.49. The van der Waals surface area contributed by atoms with Crippen molar-refractivity contribution in [2.45, 2.75) is 13.5 Å². The summed E-state index contributed by atoms with van der Waals surface area (Å²) in [6.07, 6.45) is -0.290. The van der Waals surface area contributed by atoms with Crippen LogP contribution in [0, 0.1) is 6.92 Å². The van der Waals surface area contributed by atoms with Gasteiger partial charge in [-0.2, -0.15) is 4.68 Å². The first-order valence-electron chi connectivity index (χ1n) is 9.27. The van der Waals surface area contributed by atoms with Crippen molar-refractivity contribution in [1.29, 1.82) is 0 Å². The highest BCUT2D eigenvalue weighted by Gasteiger charge is 2.25. The maximum absolute atomic E-state index is 12.3. The second-order valence-electron chi connectivity index (χ2n) is 6.74. The molecule has 8 nitrogen and oxygen atoms in total. The van der Waals surface area contributed by atoms with Gasteiger partial charge in [-0.3, -0.25) is 0 Å². The molecule has 1 aliphatic rings. The third kappa shape index (κ3) is 3.95. The number of anilines is 1. The van der Waals surface area contributed by atoms with Gasteiger partial charge in [0.25, 0.3) is 0 Å². The van der Waals surface area contributed by atoms with E-state index in [0.29, 0.717) is 32.1 Å². The van der Waals surface area contributed by atoms with Gasteiger partial charge in [0, 0.05) is 26.2 Å². The number of ether oxygens (including phenoxy) is 1. The highest BCUT2D eigenvalue weighted by atomic mass is 16.6. The van der Waals surface area contributed by atoms with Crippen molar-refractivity contribution in [2.24, 2.45) is 0 Å². The van der Waals surface area contributed by atoms with E-state index in [1.165, 1.54) is 5.56 Å². The van der Waals surface area contributed by atoms with Crippen LogP contribution in [-0.2, 0) is 11.3 Å². The Morgan fingerprint density at radius 3 is 2.43 bits per heavy atom. The zero-order valence-corrected chi connectivity index (χ0v) is 15.7. The van der Waals surface area contributed by atoms with Gasteiger partial charge in [0.05, 0.1) is 5.69 Å². The summed E-state index contributed by atoms with van der Waals surface area (Å²) >= 11 is 0. The van der Waals surface area contributed by atoms with Crippen LogP contribution in [0.2, 0.25) is 0 Å². The molecule has 1 saturated heterocycles. The van der Waals surface area contributed by atoms with E-state index in [9.17, 15) is 4.79 Å². The third-order valence-corrected chi connectivity index (χ3v) is 4.76. The van der Waals surface area contributed by atoms with Crippen LogP contribution in [0.15, 0.2) is 54.6 Å². The monoisotopic (exact) mass is 378 g/mol.